The van der Waals surface area contributed by atoms with Gasteiger partial charge in [0.15, 0.2) is 0 Å². The summed E-state index contributed by atoms with van der Waals surface area (Å²) in [5, 5.41) is 19.9. The predicted molar refractivity (Wildman–Crippen MR) is 96.3 cm³/mol. The number of anilines is 1. The van der Waals surface area contributed by atoms with Crippen LogP contribution in [0.25, 0.3) is 11.4 Å². The molecule has 0 aliphatic heterocycles. The van der Waals surface area contributed by atoms with Gasteiger partial charge in [0.05, 0.1) is 26.2 Å². The third-order valence-corrected chi connectivity index (χ3v) is 4.09. The molecule has 6 nitrogen and oxygen atoms in total. The number of hydrogen-bond acceptors (Lipinski definition) is 5. The first-order valence-corrected chi connectivity index (χ1v) is 8.87. The molecule has 0 amide bonds. The second kappa shape index (κ2) is 9.39. The molecule has 6 heteroatoms. The Morgan fingerprint density at radius 1 is 1.04 bits per heavy atom. The van der Waals surface area contributed by atoms with E-state index in [4.69, 9.17) is 4.52 Å². The average molecular weight is 332 g/mol. The first-order chi connectivity index (χ1) is 11.7. The quantitative estimate of drug-likeness (QED) is 0.496. The number of nitrogens with zero attached hydrogens (tertiary/aromatic N) is 3. The van der Waals surface area contributed by atoms with E-state index in [1.165, 1.54) is 0 Å². The van der Waals surface area contributed by atoms with E-state index in [0.717, 1.165) is 31.2 Å². The lowest BCUT2D eigenvalue weighted by atomic mass is 10.2. The fourth-order valence-corrected chi connectivity index (χ4v) is 2.59. The Hall–Kier alpha value is -1.92. The monoisotopic (exact) mass is 332 g/mol. The van der Waals surface area contributed by atoms with E-state index in [-0.39, 0.29) is 4.65 Å². The summed E-state index contributed by atoms with van der Waals surface area (Å²) < 4.78 is 5.07. The van der Waals surface area contributed by atoms with Crippen LogP contribution in [0, 0.1) is 5.21 Å². The van der Waals surface area contributed by atoms with Gasteiger partial charge in [-0.25, -0.2) is 0 Å². The highest BCUT2D eigenvalue weighted by atomic mass is 16.5. The van der Waals surface area contributed by atoms with Gasteiger partial charge < -0.3 is 19.7 Å². The average Bonchev–Trinajstić information content (AvgIpc) is 3.08. The van der Waals surface area contributed by atoms with Gasteiger partial charge in [0.2, 0.25) is 5.82 Å². The van der Waals surface area contributed by atoms with E-state index in [9.17, 15) is 5.21 Å². The minimum atomic E-state index is -0.144. The molecule has 2 rings (SSSR count). The lowest BCUT2D eigenvalue weighted by Crippen LogP contribution is -2.46. The van der Waals surface area contributed by atoms with Crippen LogP contribution in [-0.2, 0) is 0 Å². The molecule has 132 valence electrons. The van der Waals surface area contributed by atoms with Crippen molar-refractivity contribution in [1.82, 2.24) is 10.1 Å². The van der Waals surface area contributed by atoms with Crippen LogP contribution in [0.4, 0.5) is 6.01 Å². The molecule has 1 aromatic carbocycles. The molecule has 0 aliphatic carbocycles. The summed E-state index contributed by atoms with van der Waals surface area (Å²) in [6.07, 6.45) is 4.02. The summed E-state index contributed by atoms with van der Waals surface area (Å²) >= 11 is 0. The van der Waals surface area contributed by atoms with Crippen LogP contribution in [0.3, 0.4) is 0 Å². The zero-order chi connectivity index (χ0) is 17.3. The maximum atomic E-state index is 12.9. The zero-order valence-corrected chi connectivity index (χ0v) is 14.7. The van der Waals surface area contributed by atoms with Crippen molar-refractivity contribution in [3.8, 4) is 11.4 Å². The Kier molecular flexibility index (Phi) is 7.21. The van der Waals surface area contributed by atoms with E-state index >= 15 is 0 Å². The van der Waals surface area contributed by atoms with Crippen molar-refractivity contribution in [3.63, 3.8) is 0 Å². The lowest BCUT2D eigenvalue weighted by Gasteiger charge is -2.43. The number of hydrogen-bond donors (Lipinski definition) is 1. The molecule has 1 aromatic heterocycles. The molecule has 0 radical (unpaired) electrons. The number of nitrogens with one attached hydrogen (secondary N) is 1. The molecule has 1 N–H and O–H groups in total. The van der Waals surface area contributed by atoms with Crippen LogP contribution in [-0.4, -0.2) is 41.0 Å². The Morgan fingerprint density at radius 3 is 2.33 bits per heavy atom. The molecule has 0 atom stereocenters. The smallest absolute Gasteiger partial charge is 0.322 e. The summed E-state index contributed by atoms with van der Waals surface area (Å²) in [4.78, 5) is 4.33. The minimum Gasteiger partial charge on any atom is -0.633 e. The fourth-order valence-electron chi connectivity index (χ4n) is 2.59. The highest BCUT2D eigenvalue weighted by Gasteiger charge is 2.16. The number of quaternary nitrogens is 1. The first kappa shape index (κ1) is 18.4. The van der Waals surface area contributed by atoms with Crippen molar-refractivity contribution >= 4 is 6.01 Å². The summed E-state index contributed by atoms with van der Waals surface area (Å²) in [5.41, 5.74) is 0.911. The molecule has 2 aromatic rings. The Labute approximate surface area is 144 Å². The van der Waals surface area contributed by atoms with Gasteiger partial charge in [-0.3, -0.25) is 0 Å². The van der Waals surface area contributed by atoms with E-state index in [0.29, 0.717) is 38.0 Å². The van der Waals surface area contributed by atoms with E-state index in [1.54, 1.807) is 0 Å². The van der Waals surface area contributed by atoms with Crippen molar-refractivity contribution in [2.24, 2.45) is 0 Å². The molecule has 24 heavy (non-hydrogen) atoms. The summed E-state index contributed by atoms with van der Waals surface area (Å²) in [7, 11) is 0. The molecule has 0 aliphatic rings. The van der Waals surface area contributed by atoms with Gasteiger partial charge in [-0.05, 0) is 12.8 Å². The van der Waals surface area contributed by atoms with Crippen LogP contribution in [0.15, 0.2) is 34.9 Å². The molecule has 0 saturated heterocycles. The number of hydroxylamine groups is 3. The number of aromatic nitrogens is 2. The Morgan fingerprint density at radius 2 is 1.71 bits per heavy atom. The number of rotatable bonds is 11. The Bertz CT molecular complexity index is 578. The SMILES string of the molecule is CCCC[N+]([O-])(CCCC)CCNc1nc(-c2ccccc2)no1. The molecule has 0 fully saturated rings. The van der Waals surface area contributed by atoms with Crippen LogP contribution < -0.4 is 5.32 Å². The molecular weight excluding hydrogens is 304 g/mol. The normalized spacial score (nSPS) is 11.6. The van der Waals surface area contributed by atoms with Crippen molar-refractivity contribution in [2.45, 2.75) is 39.5 Å². The molecule has 1 heterocycles. The first-order valence-electron chi connectivity index (χ1n) is 8.87. The minimum absolute atomic E-state index is 0.144. The lowest BCUT2D eigenvalue weighted by molar-refractivity contribution is -0.879. The van der Waals surface area contributed by atoms with E-state index < -0.39 is 0 Å². The second-order valence-electron chi connectivity index (χ2n) is 6.15. The summed E-state index contributed by atoms with van der Waals surface area (Å²) in [6.45, 7) is 6.64. The third kappa shape index (κ3) is 5.62. The third-order valence-electron chi connectivity index (χ3n) is 4.09. The van der Waals surface area contributed by atoms with Gasteiger partial charge >= 0.3 is 6.01 Å². The largest absolute Gasteiger partial charge is 0.633 e. The van der Waals surface area contributed by atoms with Gasteiger partial charge in [0.1, 0.15) is 0 Å². The maximum absolute atomic E-state index is 12.9. The van der Waals surface area contributed by atoms with Gasteiger partial charge in [-0.15, -0.1) is 0 Å². The summed E-state index contributed by atoms with van der Waals surface area (Å²) in [6, 6.07) is 10.0. The van der Waals surface area contributed by atoms with Crippen LogP contribution >= 0.6 is 0 Å². The van der Waals surface area contributed by atoms with E-state index in [1.807, 2.05) is 30.3 Å². The van der Waals surface area contributed by atoms with Crippen molar-refractivity contribution in [3.05, 3.63) is 35.5 Å². The molecular formula is C18H28N4O2. The van der Waals surface area contributed by atoms with Gasteiger partial charge in [-0.1, -0.05) is 62.2 Å². The van der Waals surface area contributed by atoms with Crippen molar-refractivity contribution in [2.75, 3.05) is 31.5 Å². The Balaban J connectivity index is 1.86. The summed E-state index contributed by atoms with van der Waals surface area (Å²) in [5.74, 6) is 0.554. The van der Waals surface area contributed by atoms with Crippen molar-refractivity contribution < 1.29 is 9.17 Å². The van der Waals surface area contributed by atoms with Crippen LogP contribution in [0.1, 0.15) is 39.5 Å². The molecule has 0 unspecified atom stereocenters. The topological polar surface area (TPSA) is 74.0 Å². The zero-order valence-electron chi connectivity index (χ0n) is 14.7. The molecule has 0 spiro atoms. The van der Waals surface area contributed by atoms with Crippen LogP contribution in [0.2, 0.25) is 0 Å². The highest BCUT2D eigenvalue weighted by molar-refractivity contribution is 5.54. The van der Waals surface area contributed by atoms with Gasteiger partial charge in [-0.2, -0.15) is 4.98 Å². The predicted octanol–water partition coefficient (Wildman–Crippen LogP) is 4.06. The van der Waals surface area contributed by atoms with Crippen LogP contribution in [0.5, 0.6) is 0 Å². The van der Waals surface area contributed by atoms with Gasteiger partial charge in [0.25, 0.3) is 0 Å². The van der Waals surface area contributed by atoms with Gasteiger partial charge in [0, 0.05) is 5.56 Å². The highest BCUT2D eigenvalue weighted by Crippen LogP contribution is 2.17. The molecule has 0 saturated carbocycles. The number of unbranched alkanes of at least 4 members (excludes halogenated alkanes) is 2. The standard InChI is InChI=1S/C18H28N4O2/c1-3-5-13-22(23,14-6-4-2)15-12-19-18-20-17(21-24-18)16-10-8-7-9-11-16/h7-11H,3-6,12-15H2,1-2H3,(H,19,20,21). The number of benzene rings is 1. The second-order valence-corrected chi connectivity index (χ2v) is 6.15. The molecule has 0 bridgehead atoms. The maximum Gasteiger partial charge on any atom is 0.322 e. The van der Waals surface area contributed by atoms with E-state index in [2.05, 4.69) is 29.3 Å². The van der Waals surface area contributed by atoms with Crippen molar-refractivity contribution in [1.29, 1.82) is 0 Å². The fraction of sp³-hybridized carbons (Fsp3) is 0.556.